The molecule has 7 nitrogen and oxygen atoms in total. The first-order valence-electron chi connectivity index (χ1n) is 10.8. The largest absolute Gasteiger partial charge is 0.379 e. The van der Waals surface area contributed by atoms with Crippen molar-refractivity contribution in [3.05, 3.63) is 84.2 Å². The van der Waals surface area contributed by atoms with Gasteiger partial charge in [-0.15, -0.1) is 24.0 Å². The standard InChI is InChI=1S/C24H29FN6O.HI/c1-26-24(28-16-20-4-2-3-5-22(20)31-11-10-27-18-31)29-17-23(30-12-14-32-15-13-30)19-6-8-21(25)9-7-19;/h2-11,18,23H,12-17H2,1H3,(H2,26,28,29);1H. The lowest BCUT2D eigenvalue weighted by Crippen LogP contribution is -2.46. The number of imidazole rings is 1. The quantitative estimate of drug-likeness (QED) is 0.262. The first-order valence-corrected chi connectivity index (χ1v) is 10.8. The third kappa shape index (κ3) is 6.75. The molecule has 2 heterocycles. The summed E-state index contributed by atoms with van der Waals surface area (Å²) < 4.78 is 21.0. The molecular weight excluding hydrogens is 534 g/mol. The number of halogens is 2. The maximum atomic E-state index is 13.5. The molecule has 9 heteroatoms. The molecule has 0 bridgehead atoms. The molecule has 1 atom stereocenters. The lowest BCUT2D eigenvalue weighted by Gasteiger charge is -2.35. The number of aliphatic imine (C=N–C) groups is 1. The van der Waals surface area contributed by atoms with Crippen molar-refractivity contribution in [2.24, 2.45) is 4.99 Å². The molecule has 4 rings (SSSR count). The molecule has 0 radical (unpaired) electrons. The van der Waals surface area contributed by atoms with Gasteiger partial charge in [-0.2, -0.15) is 0 Å². The van der Waals surface area contributed by atoms with Crippen molar-refractivity contribution in [1.82, 2.24) is 25.1 Å². The van der Waals surface area contributed by atoms with Crippen LogP contribution in [0, 0.1) is 5.82 Å². The van der Waals surface area contributed by atoms with Crippen molar-refractivity contribution in [1.29, 1.82) is 0 Å². The van der Waals surface area contributed by atoms with E-state index in [-0.39, 0.29) is 35.8 Å². The monoisotopic (exact) mass is 564 g/mol. The van der Waals surface area contributed by atoms with E-state index < -0.39 is 0 Å². The van der Waals surface area contributed by atoms with Crippen molar-refractivity contribution < 1.29 is 9.13 Å². The predicted molar refractivity (Wildman–Crippen MR) is 139 cm³/mol. The van der Waals surface area contributed by atoms with E-state index in [0.29, 0.717) is 32.3 Å². The van der Waals surface area contributed by atoms with E-state index >= 15 is 0 Å². The van der Waals surface area contributed by atoms with E-state index in [1.807, 2.05) is 35.0 Å². The van der Waals surface area contributed by atoms with Gasteiger partial charge in [0.05, 0.1) is 31.3 Å². The molecule has 0 saturated carbocycles. The topological polar surface area (TPSA) is 66.7 Å². The highest BCUT2D eigenvalue weighted by atomic mass is 127. The molecule has 1 saturated heterocycles. The van der Waals surface area contributed by atoms with E-state index in [9.17, 15) is 4.39 Å². The van der Waals surface area contributed by atoms with Crippen LogP contribution in [0.1, 0.15) is 17.2 Å². The SMILES string of the molecule is CN=C(NCc1ccccc1-n1ccnc1)NCC(c1ccc(F)cc1)N1CCOCC1.I. The lowest BCUT2D eigenvalue weighted by molar-refractivity contribution is 0.0170. The number of guanidine groups is 1. The average Bonchev–Trinajstić information content (AvgIpc) is 3.38. The second-order valence-corrected chi connectivity index (χ2v) is 7.62. The Balaban J connectivity index is 0.00000306. The second-order valence-electron chi connectivity index (χ2n) is 7.62. The Bertz CT molecular complexity index is 1010. The Kier molecular flexibility index (Phi) is 9.64. The van der Waals surface area contributed by atoms with Gasteiger partial charge in [0.2, 0.25) is 0 Å². The second kappa shape index (κ2) is 12.7. The van der Waals surface area contributed by atoms with Crippen molar-refractivity contribution in [3.8, 4) is 5.69 Å². The number of benzene rings is 2. The van der Waals surface area contributed by atoms with Crippen LogP contribution in [-0.4, -0.2) is 60.3 Å². The van der Waals surface area contributed by atoms with Crippen molar-refractivity contribution in [3.63, 3.8) is 0 Å². The van der Waals surface area contributed by atoms with Gasteiger partial charge in [-0.05, 0) is 29.3 Å². The minimum absolute atomic E-state index is 0. The van der Waals surface area contributed by atoms with Gasteiger partial charge in [-0.3, -0.25) is 9.89 Å². The summed E-state index contributed by atoms with van der Waals surface area (Å²) in [6.07, 6.45) is 5.50. The van der Waals surface area contributed by atoms with E-state index in [0.717, 1.165) is 29.9 Å². The number of ether oxygens (including phenoxy) is 1. The fourth-order valence-corrected chi connectivity index (χ4v) is 3.94. The molecular formula is C24H30FIN6O. The van der Waals surface area contributed by atoms with Crippen molar-refractivity contribution in [2.45, 2.75) is 12.6 Å². The van der Waals surface area contributed by atoms with Crippen LogP contribution in [0.25, 0.3) is 5.69 Å². The molecule has 3 aromatic rings. The Morgan fingerprint density at radius 1 is 1.12 bits per heavy atom. The van der Waals surface area contributed by atoms with Gasteiger partial charge in [0.25, 0.3) is 0 Å². The van der Waals surface area contributed by atoms with E-state index in [1.165, 1.54) is 12.1 Å². The number of rotatable bonds is 7. The van der Waals surface area contributed by atoms with E-state index in [4.69, 9.17) is 4.74 Å². The van der Waals surface area contributed by atoms with E-state index in [2.05, 4.69) is 37.6 Å². The van der Waals surface area contributed by atoms with Crippen LogP contribution in [0.2, 0.25) is 0 Å². The van der Waals surface area contributed by atoms with Crippen LogP contribution in [0.3, 0.4) is 0 Å². The highest BCUT2D eigenvalue weighted by Crippen LogP contribution is 2.21. The molecule has 1 aliphatic rings. The summed E-state index contributed by atoms with van der Waals surface area (Å²) in [6, 6.07) is 15.0. The number of para-hydroxylation sites is 1. The lowest BCUT2D eigenvalue weighted by atomic mass is 10.0. The van der Waals surface area contributed by atoms with Crippen LogP contribution >= 0.6 is 24.0 Å². The molecule has 1 unspecified atom stereocenters. The highest BCUT2D eigenvalue weighted by Gasteiger charge is 2.23. The van der Waals surface area contributed by atoms with Gasteiger partial charge in [0.15, 0.2) is 5.96 Å². The van der Waals surface area contributed by atoms with Gasteiger partial charge in [0.1, 0.15) is 5.82 Å². The molecule has 2 aromatic carbocycles. The molecule has 0 amide bonds. The molecule has 0 spiro atoms. The van der Waals surface area contributed by atoms with Crippen molar-refractivity contribution in [2.75, 3.05) is 39.9 Å². The van der Waals surface area contributed by atoms with Crippen LogP contribution < -0.4 is 10.6 Å². The summed E-state index contributed by atoms with van der Waals surface area (Å²) in [5, 5.41) is 6.86. The Hall–Kier alpha value is -2.50. The Morgan fingerprint density at radius 3 is 2.58 bits per heavy atom. The maximum absolute atomic E-state index is 13.5. The molecule has 2 N–H and O–H groups in total. The Morgan fingerprint density at radius 2 is 1.88 bits per heavy atom. The normalized spacial score (nSPS) is 15.5. The first kappa shape index (κ1) is 25.1. The molecule has 1 fully saturated rings. The number of hydrogen-bond donors (Lipinski definition) is 2. The number of nitrogens with one attached hydrogen (secondary N) is 2. The average molecular weight is 564 g/mol. The van der Waals surface area contributed by atoms with Crippen molar-refractivity contribution >= 4 is 29.9 Å². The number of aromatic nitrogens is 2. The summed E-state index contributed by atoms with van der Waals surface area (Å²) in [5.41, 5.74) is 3.28. The summed E-state index contributed by atoms with van der Waals surface area (Å²) >= 11 is 0. The molecule has 33 heavy (non-hydrogen) atoms. The highest BCUT2D eigenvalue weighted by molar-refractivity contribution is 14.0. The third-order valence-electron chi connectivity index (χ3n) is 5.65. The third-order valence-corrected chi connectivity index (χ3v) is 5.65. The van der Waals surface area contributed by atoms with Crippen LogP contribution in [-0.2, 0) is 11.3 Å². The summed E-state index contributed by atoms with van der Waals surface area (Å²) in [4.78, 5) is 10.9. The molecule has 176 valence electrons. The first-order chi connectivity index (χ1) is 15.7. The summed E-state index contributed by atoms with van der Waals surface area (Å²) in [7, 11) is 1.76. The minimum Gasteiger partial charge on any atom is -0.379 e. The van der Waals surface area contributed by atoms with Gasteiger partial charge in [-0.1, -0.05) is 30.3 Å². The minimum atomic E-state index is -0.225. The van der Waals surface area contributed by atoms with Crippen LogP contribution in [0.4, 0.5) is 4.39 Å². The van der Waals surface area contributed by atoms with Gasteiger partial charge >= 0.3 is 0 Å². The van der Waals surface area contributed by atoms with Gasteiger partial charge in [0, 0.05) is 45.6 Å². The zero-order valence-corrected chi connectivity index (χ0v) is 21.0. The molecule has 1 aromatic heterocycles. The summed E-state index contributed by atoms with van der Waals surface area (Å²) in [6.45, 7) is 4.36. The predicted octanol–water partition coefficient (Wildman–Crippen LogP) is 3.37. The maximum Gasteiger partial charge on any atom is 0.191 e. The zero-order valence-electron chi connectivity index (χ0n) is 18.7. The number of morpholine rings is 1. The Labute approximate surface area is 211 Å². The molecule has 1 aliphatic heterocycles. The van der Waals surface area contributed by atoms with Crippen LogP contribution in [0.5, 0.6) is 0 Å². The fourth-order valence-electron chi connectivity index (χ4n) is 3.94. The summed E-state index contributed by atoms with van der Waals surface area (Å²) in [5.74, 6) is 0.488. The van der Waals surface area contributed by atoms with Gasteiger partial charge in [-0.25, -0.2) is 9.37 Å². The number of nitrogens with zero attached hydrogens (tertiary/aromatic N) is 4. The zero-order chi connectivity index (χ0) is 22.2. The fraction of sp³-hybridized carbons (Fsp3) is 0.333. The molecule has 0 aliphatic carbocycles. The van der Waals surface area contributed by atoms with E-state index in [1.54, 1.807) is 19.6 Å². The van der Waals surface area contributed by atoms with Gasteiger partial charge < -0.3 is 19.9 Å². The number of hydrogen-bond acceptors (Lipinski definition) is 4. The van der Waals surface area contributed by atoms with Crippen LogP contribution in [0.15, 0.2) is 72.2 Å². The smallest absolute Gasteiger partial charge is 0.191 e.